The van der Waals surface area contributed by atoms with Crippen LogP contribution in [0.2, 0.25) is 0 Å². The summed E-state index contributed by atoms with van der Waals surface area (Å²) in [5.74, 6) is 0.0924. The molecule has 3 aromatic rings. The molecule has 3 heterocycles. The molecular weight excluding hydrogens is 356 g/mol. The van der Waals surface area contributed by atoms with Gasteiger partial charge in [0.2, 0.25) is 5.91 Å². The summed E-state index contributed by atoms with van der Waals surface area (Å²) in [5.41, 5.74) is 1.80. The highest BCUT2D eigenvalue weighted by Crippen LogP contribution is 2.24. The molecule has 0 unspecified atom stereocenters. The molecule has 0 radical (unpaired) electrons. The van der Waals surface area contributed by atoms with Gasteiger partial charge in [-0.3, -0.25) is 9.69 Å². The lowest BCUT2D eigenvalue weighted by Crippen LogP contribution is -2.46. The molecule has 27 heavy (non-hydrogen) atoms. The highest BCUT2D eigenvalue weighted by molar-refractivity contribution is 7.11. The smallest absolute Gasteiger partial charge is 0.241 e. The monoisotopic (exact) mass is 380 g/mol. The van der Waals surface area contributed by atoms with Crippen molar-refractivity contribution in [3.63, 3.8) is 0 Å². The van der Waals surface area contributed by atoms with E-state index in [1.807, 2.05) is 47.9 Å². The first-order valence-corrected chi connectivity index (χ1v) is 10.2. The van der Waals surface area contributed by atoms with Crippen LogP contribution in [-0.4, -0.2) is 33.2 Å². The maximum atomic E-state index is 12.9. The molecule has 6 heteroatoms. The summed E-state index contributed by atoms with van der Waals surface area (Å²) < 4.78 is 1.80. The van der Waals surface area contributed by atoms with E-state index in [1.54, 1.807) is 10.9 Å². The number of carbonyl (C=O) groups excluding carboxylic acids is 1. The standard InChI is InChI=1S/C21H24N4OS/c1-16-6-11-19(27-16)15-24-13-3-2-5-20(24)21(26)23-17-7-9-18(10-8-17)25-14-4-12-22-25/h4,6-12,14,20H,2-3,5,13,15H2,1H3,(H,23,26)/t20-/m1/s1. The number of benzene rings is 1. The van der Waals surface area contributed by atoms with Gasteiger partial charge in [-0.05, 0) is 68.8 Å². The zero-order valence-electron chi connectivity index (χ0n) is 15.5. The lowest BCUT2D eigenvalue weighted by molar-refractivity contribution is -0.122. The molecule has 0 saturated carbocycles. The largest absolute Gasteiger partial charge is 0.325 e. The Hall–Kier alpha value is -2.44. The number of likely N-dealkylation sites (tertiary alicyclic amines) is 1. The first-order chi connectivity index (χ1) is 13.2. The molecule has 140 valence electrons. The number of nitrogens with zero attached hydrogens (tertiary/aromatic N) is 3. The molecule has 1 aliphatic rings. The number of rotatable bonds is 5. The zero-order valence-corrected chi connectivity index (χ0v) is 16.3. The molecular formula is C21H24N4OS. The molecule has 0 bridgehead atoms. The first kappa shape index (κ1) is 17.9. The minimum atomic E-state index is -0.0630. The van der Waals surface area contributed by atoms with Gasteiger partial charge in [0.05, 0.1) is 11.7 Å². The lowest BCUT2D eigenvalue weighted by atomic mass is 10.0. The Morgan fingerprint density at radius 1 is 1.22 bits per heavy atom. The number of anilines is 1. The second-order valence-electron chi connectivity index (χ2n) is 6.98. The van der Waals surface area contributed by atoms with Crippen LogP contribution < -0.4 is 5.32 Å². The van der Waals surface area contributed by atoms with E-state index < -0.39 is 0 Å². The Morgan fingerprint density at radius 3 is 2.78 bits per heavy atom. The second-order valence-corrected chi connectivity index (χ2v) is 8.35. The van der Waals surface area contributed by atoms with Gasteiger partial charge in [-0.1, -0.05) is 6.42 Å². The number of hydrogen-bond acceptors (Lipinski definition) is 4. The number of aromatic nitrogens is 2. The number of carbonyl (C=O) groups is 1. The lowest BCUT2D eigenvalue weighted by Gasteiger charge is -2.34. The fourth-order valence-corrected chi connectivity index (χ4v) is 4.51. The highest BCUT2D eigenvalue weighted by Gasteiger charge is 2.29. The van der Waals surface area contributed by atoms with Crippen LogP contribution >= 0.6 is 11.3 Å². The van der Waals surface area contributed by atoms with Crippen molar-refractivity contribution in [2.45, 2.75) is 38.8 Å². The molecule has 1 amide bonds. The number of nitrogens with one attached hydrogen (secondary N) is 1. The zero-order chi connectivity index (χ0) is 18.6. The quantitative estimate of drug-likeness (QED) is 0.720. The van der Waals surface area contributed by atoms with E-state index in [0.717, 1.165) is 43.7 Å². The van der Waals surface area contributed by atoms with Gasteiger partial charge in [0.25, 0.3) is 0 Å². The maximum absolute atomic E-state index is 12.9. The van der Waals surface area contributed by atoms with E-state index in [1.165, 1.54) is 9.75 Å². The fourth-order valence-electron chi connectivity index (χ4n) is 3.59. The van der Waals surface area contributed by atoms with Crippen LogP contribution in [0, 0.1) is 6.92 Å². The minimum Gasteiger partial charge on any atom is -0.325 e. The normalized spacial score (nSPS) is 17.7. The van der Waals surface area contributed by atoms with Gasteiger partial charge in [-0.15, -0.1) is 11.3 Å². The van der Waals surface area contributed by atoms with E-state index in [-0.39, 0.29) is 11.9 Å². The van der Waals surface area contributed by atoms with E-state index in [2.05, 4.69) is 34.4 Å². The molecule has 1 saturated heterocycles. The number of aryl methyl sites for hydroxylation is 1. The molecule has 4 rings (SSSR count). The van der Waals surface area contributed by atoms with Crippen molar-refractivity contribution in [2.75, 3.05) is 11.9 Å². The van der Waals surface area contributed by atoms with Gasteiger partial charge < -0.3 is 5.32 Å². The topological polar surface area (TPSA) is 50.2 Å². The Kier molecular flexibility index (Phi) is 5.36. The second kappa shape index (κ2) is 8.06. The summed E-state index contributed by atoms with van der Waals surface area (Å²) >= 11 is 1.82. The Morgan fingerprint density at radius 2 is 2.07 bits per heavy atom. The number of piperidine rings is 1. The summed E-state index contributed by atoms with van der Waals surface area (Å²) in [6.45, 7) is 3.96. The summed E-state index contributed by atoms with van der Waals surface area (Å²) in [6.07, 6.45) is 6.84. The van der Waals surface area contributed by atoms with E-state index in [4.69, 9.17) is 0 Å². The number of thiophene rings is 1. The Bertz CT molecular complexity index is 885. The van der Waals surface area contributed by atoms with Crippen LogP contribution in [-0.2, 0) is 11.3 Å². The van der Waals surface area contributed by atoms with Crippen molar-refractivity contribution in [1.29, 1.82) is 0 Å². The van der Waals surface area contributed by atoms with Crippen molar-refractivity contribution in [3.05, 3.63) is 64.6 Å². The predicted octanol–water partition coefficient (Wildman–Crippen LogP) is 4.24. The van der Waals surface area contributed by atoms with Gasteiger partial charge in [0.15, 0.2) is 0 Å². The van der Waals surface area contributed by atoms with Crippen molar-refractivity contribution >= 4 is 22.9 Å². The van der Waals surface area contributed by atoms with Crippen molar-refractivity contribution in [1.82, 2.24) is 14.7 Å². The van der Waals surface area contributed by atoms with Gasteiger partial charge in [-0.2, -0.15) is 5.10 Å². The van der Waals surface area contributed by atoms with Crippen LogP contribution in [0.3, 0.4) is 0 Å². The first-order valence-electron chi connectivity index (χ1n) is 9.39. The molecule has 0 spiro atoms. The van der Waals surface area contributed by atoms with E-state index >= 15 is 0 Å². The van der Waals surface area contributed by atoms with Crippen molar-refractivity contribution in [3.8, 4) is 5.69 Å². The number of hydrogen-bond donors (Lipinski definition) is 1. The summed E-state index contributed by atoms with van der Waals surface area (Å²) in [4.78, 5) is 17.9. The molecule has 1 aliphatic heterocycles. The molecule has 1 atom stereocenters. The molecule has 0 aliphatic carbocycles. The summed E-state index contributed by atoms with van der Waals surface area (Å²) in [5, 5.41) is 7.32. The third-order valence-electron chi connectivity index (χ3n) is 4.98. The maximum Gasteiger partial charge on any atom is 0.241 e. The van der Waals surface area contributed by atoms with E-state index in [0.29, 0.717) is 0 Å². The van der Waals surface area contributed by atoms with Gasteiger partial charge in [0.1, 0.15) is 0 Å². The van der Waals surface area contributed by atoms with Crippen molar-refractivity contribution in [2.24, 2.45) is 0 Å². The molecule has 1 aromatic carbocycles. The van der Waals surface area contributed by atoms with Gasteiger partial charge in [-0.25, -0.2) is 4.68 Å². The van der Waals surface area contributed by atoms with Gasteiger partial charge >= 0.3 is 0 Å². The summed E-state index contributed by atoms with van der Waals surface area (Å²) in [7, 11) is 0. The summed E-state index contributed by atoms with van der Waals surface area (Å²) in [6, 6.07) is 14.0. The molecule has 2 aromatic heterocycles. The average Bonchev–Trinajstić information content (AvgIpc) is 3.35. The van der Waals surface area contributed by atoms with Crippen molar-refractivity contribution < 1.29 is 4.79 Å². The van der Waals surface area contributed by atoms with Crippen LogP contribution in [0.15, 0.2) is 54.9 Å². The van der Waals surface area contributed by atoms with Crippen LogP contribution in [0.1, 0.15) is 29.0 Å². The third kappa shape index (κ3) is 4.28. The van der Waals surface area contributed by atoms with Crippen LogP contribution in [0.25, 0.3) is 5.69 Å². The van der Waals surface area contributed by atoms with E-state index in [9.17, 15) is 4.79 Å². The fraction of sp³-hybridized carbons (Fsp3) is 0.333. The average molecular weight is 381 g/mol. The minimum absolute atomic E-state index is 0.0630. The Labute approximate surface area is 163 Å². The highest BCUT2D eigenvalue weighted by atomic mass is 32.1. The third-order valence-corrected chi connectivity index (χ3v) is 5.96. The Balaban J connectivity index is 1.42. The molecule has 1 N–H and O–H groups in total. The predicted molar refractivity (Wildman–Crippen MR) is 109 cm³/mol. The van der Waals surface area contributed by atoms with Crippen LogP contribution in [0.4, 0.5) is 5.69 Å². The van der Waals surface area contributed by atoms with Gasteiger partial charge in [0, 0.05) is 34.4 Å². The SMILES string of the molecule is Cc1ccc(CN2CCCC[C@@H]2C(=O)Nc2ccc(-n3cccn3)cc2)s1. The molecule has 5 nitrogen and oxygen atoms in total. The van der Waals surface area contributed by atoms with Crippen LogP contribution in [0.5, 0.6) is 0 Å². The number of amides is 1. The molecule has 1 fully saturated rings.